The van der Waals surface area contributed by atoms with E-state index in [-0.39, 0.29) is 17.2 Å². The Morgan fingerprint density at radius 3 is 2.38 bits per heavy atom. The Bertz CT molecular complexity index is 1790. The number of hydrogen-bond donors (Lipinski definition) is 0. The second-order valence-corrected chi connectivity index (χ2v) is 9.62. The monoisotopic (exact) mass is 559 g/mol. The summed E-state index contributed by atoms with van der Waals surface area (Å²) >= 11 is 3.50. The Morgan fingerprint density at radius 2 is 1.70 bits per heavy atom. The zero-order chi connectivity index (χ0) is 26.0. The molecule has 0 aliphatic carbocycles. The van der Waals surface area contributed by atoms with Crippen molar-refractivity contribution in [3.8, 4) is 22.6 Å². The molecule has 1 amide bonds. The van der Waals surface area contributed by atoms with Crippen molar-refractivity contribution in [3.63, 3.8) is 0 Å². The highest BCUT2D eigenvalue weighted by Gasteiger charge is 2.39. The van der Waals surface area contributed by atoms with Gasteiger partial charge in [0.15, 0.2) is 11.5 Å². The fourth-order valence-electron chi connectivity index (χ4n) is 4.84. The number of hydrogen-bond acceptors (Lipinski definition) is 5. The zero-order valence-corrected chi connectivity index (χ0v) is 22.1. The van der Waals surface area contributed by atoms with Gasteiger partial charge in [-0.2, -0.15) is 0 Å². The van der Waals surface area contributed by atoms with Gasteiger partial charge in [-0.3, -0.25) is 28.1 Å². The number of rotatable bonds is 4. The number of carbonyl (C=O) groups is 1. The Morgan fingerprint density at radius 1 is 1.00 bits per heavy atom. The van der Waals surface area contributed by atoms with Crippen LogP contribution < -0.4 is 10.5 Å². The lowest BCUT2D eigenvalue weighted by Crippen LogP contribution is -2.27. The second-order valence-electron chi connectivity index (χ2n) is 8.71. The zero-order valence-electron chi connectivity index (χ0n) is 20.5. The van der Waals surface area contributed by atoms with Crippen molar-refractivity contribution in [2.45, 2.75) is 6.92 Å². The van der Waals surface area contributed by atoms with Crippen LogP contribution in [-0.4, -0.2) is 49.1 Å². The van der Waals surface area contributed by atoms with Crippen LogP contribution in [0.1, 0.15) is 11.4 Å². The lowest BCUT2D eigenvalue weighted by Gasteiger charge is -2.08. The molecule has 3 aromatic heterocycles. The second kappa shape index (κ2) is 8.34. The number of likely N-dealkylation sites (N-methyl/N-ethyl adjacent to an activating group) is 1. The third-order valence-corrected chi connectivity index (χ3v) is 7.21. The van der Waals surface area contributed by atoms with Crippen LogP contribution in [0.3, 0.4) is 0 Å². The molecular formula is C26H22BrN7O3. The maximum atomic E-state index is 14.0. The summed E-state index contributed by atoms with van der Waals surface area (Å²) in [5.74, 6) is 0.732. The average Bonchev–Trinajstić information content (AvgIpc) is 3.56. The number of aromatic nitrogens is 5. The number of fused-ring (bicyclic) bond motifs is 3. The first-order valence-electron chi connectivity index (χ1n) is 11.5. The predicted octanol–water partition coefficient (Wildman–Crippen LogP) is 3.68. The van der Waals surface area contributed by atoms with E-state index in [9.17, 15) is 9.59 Å². The van der Waals surface area contributed by atoms with Crippen LogP contribution >= 0.6 is 15.9 Å². The summed E-state index contributed by atoms with van der Waals surface area (Å²) < 4.78 is 8.08. The molecule has 5 aromatic rings. The summed E-state index contributed by atoms with van der Waals surface area (Å²) in [5.41, 5.74) is 3.93. The smallest absolute Gasteiger partial charge is 0.296 e. The standard InChI is InChI=1S/C26H22BrN7O3/c1-15-22(25(36)34(31(15)3)18-8-6-5-7-9-18)33-19(16-10-12-17(27)13-11-16)14-32-23-20(28-26(32)33)21(29-37-4)24(35)30(23)2/h5-14H,1-4H3/b29-21+. The van der Waals surface area contributed by atoms with Gasteiger partial charge in [-0.05, 0) is 31.2 Å². The van der Waals surface area contributed by atoms with Gasteiger partial charge in [-0.15, -0.1) is 0 Å². The molecule has 186 valence electrons. The van der Waals surface area contributed by atoms with E-state index in [1.165, 1.54) is 12.0 Å². The van der Waals surface area contributed by atoms with Gasteiger partial charge in [0.2, 0.25) is 5.78 Å². The maximum Gasteiger partial charge on any atom is 0.296 e. The topological polar surface area (TPSA) is 91.1 Å². The van der Waals surface area contributed by atoms with Crippen LogP contribution in [0.2, 0.25) is 0 Å². The van der Waals surface area contributed by atoms with Gasteiger partial charge < -0.3 is 4.84 Å². The van der Waals surface area contributed by atoms with Crippen LogP contribution in [0.25, 0.3) is 28.4 Å². The highest BCUT2D eigenvalue weighted by Crippen LogP contribution is 2.35. The van der Waals surface area contributed by atoms with Crippen molar-refractivity contribution in [1.29, 1.82) is 0 Å². The molecule has 1 aliphatic rings. The number of nitrogens with zero attached hydrogens (tertiary/aromatic N) is 7. The minimum atomic E-state index is -0.311. The number of carbonyl (C=O) groups excluding carboxylic acids is 1. The molecule has 0 unspecified atom stereocenters. The summed E-state index contributed by atoms with van der Waals surface area (Å²) in [4.78, 5) is 38.1. The number of imidazole rings is 2. The van der Waals surface area contributed by atoms with Gasteiger partial charge in [0.1, 0.15) is 18.5 Å². The molecule has 10 nitrogen and oxygen atoms in total. The quantitative estimate of drug-likeness (QED) is 0.314. The van der Waals surface area contributed by atoms with Gasteiger partial charge in [0.05, 0.1) is 17.1 Å². The predicted molar refractivity (Wildman–Crippen MR) is 144 cm³/mol. The first-order valence-corrected chi connectivity index (χ1v) is 12.3. The van der Waals surface area contributed by atoms with Crippen molar-refractivity contribution in [2.24, 2.45) is 12.2 Å². The molecule has 0 fully saturated rings. The number of benzene rings is 2. The van der Waals surface area contributed by atoms with Crippen LogP contribution in [0.4, 0.5) is 5.82 Å². The first-order chi connectivity index (χ1) is 17.8. The van der Waals surface area contributed by atoms with Gasteiger partial charge in [0.25, 0.3) is 11.5 Å². The lowest BCUT2D eigenvalue weighted by atomic mass is 10.1. The lowest BCUT2D eigenvalue weighted by molar-refractivity contribution is -0.112. The van der Waals surface area contributed by atoms with Crippen LogP contribution in [-0.2, 0) is 16.7 Å². The molecule has 0 N–H and O–H groups in total. The average molecular weight is 560 g/mol. The largest absolute Gasteiger partial charge is 0.398 e. The molecule has 0 atom stereocenters. The third-order valence-electron chi connectivity index (χ3n) is 6.68. The Kier molecular flexibility index (Phi) is 5.19. The molecule has 4 heterocycles. The number of oxime groups is 1. The van der Waals surface area contributed by atoms with E-state index < -0.39 is 0 Å². The van der Waals surface area contributed by atoms with Crippen molar-refractivity contribution >= 4 is 39.1 Å². The van der Waals surface area contributed by atoms with Crippen LogP contribution in [0.15, 0.2) is 75.2 Å². The number of halogens is 1. The van der Waals surface area contributed by atoms with Gasteiger partial charge in [-0.1, -0.05) is 51.4 Å². The van der Waals surface area contributed by atoms with E-state index in [0.29, 0.717) is 23.0 Å². The highest BCUT2D eigenvalue weighted by molar-refractivity contribution is 9.10. The van der Waals surface area contributed by atoms with E-state index in [0.717, 1.165) is 27.1 Å². The Hall–Kier alpha value is -4.38. The van der Waals surface area contributed by atoms with E-state index >= 15 is 0 Å². The van der Waals surface area contributed by atoms with Crippen LogP contribution in [0, 0.1) is 6.92 Å². The summed E-state index contributed by atoms with van der Waals surface area (Å²) in [7, 11) is 4.91. The molecule has 0 spiro atoms. The van der Waals surface area contributed by atoms with E-state index in [2.05, 4.69) is 21.1 Å². The first kappa shape index (κ1) is 23.0. The van der Waals surface area contributed by atoms with Gasteiger partial charge in [-0.25, -0.2) is 9.67 Å². The van der Waals surface area contributed by atoms with Gasteiger partial charge >= 0.3 is 0 Å². The number of amides is 1. The fraction of sp³-hybridized carbons (Fsp3) is 0.154. The Balaban J connectivity index is 1.71. The SMILES string of the molecule is CO/N=C1/C(=O)N(C)c2c1nc1n(-c3c(C)n(C)n(-c4ccccc4)c3=O)c(-c3ccc(Br)cc3)cn21. The van der Waals surface area contributed by atoms with Crippen LogP contribution in [0.5, 0.6) is 0 Å². The van der Waals surface area contributed by atoms with E-state index in [4.69, 9.17) is 9.82 Å². The molecule has 0 bridgehead atoms. The molecule has 6 rings (SSSR count). The molecule has 1 aliphatic heterocycles. The molecule has 0 saturated carbocycles. The summed E-state index contributed by atoms with van der Waals surface area (Å²) in [6.45, 7) is 1.90. The van der Waals surface area contributed by atoms with E-state index in [1.54, 1.807) is 11.7 Å². The van der Waals surface area contributed by atoms with Crippen molar-refractivity contribution in [3.05, 3.63) is 87.0 Å². The fourth-order valence-corrected chi connectivity index (χ4v) is 5.11. The minimum absolute atomic E-state index is 0.118. The molecule has 2 aromatic carbocycles. The van der Waals surface area contributed by atoms with Crippen molar-refractivity contribution in [2.75, 3.05) is 19.1 Å². The minimum Gasteiger partial charge on any atom is -0.398 e. The summed E-state index contributed by atoms with van der Waals surface area (Å²) in [6, 6.07) is 17.3. The number of para-hydroxylation sites is 1. The molecule has 11 heteroatoms. The molecule has 0 saturated heterocycles. The van der Waals surface area contributed by atoms with Crippen molar-refractivity contribution < 1.29 is 9.63 Å². The van der Waals surface area contributed by atoms with Gasteiger partial charge in [0, 0.05) is 30.3 Å². The highest BCUT2D eigenvalue weighted by atomic mass is 79.9. The van der Waals surface area contributed by atoms with Crippen molar-refractivity contribution in [1.82, 2.24) is 23.3 Å². The molecular weight excluding hydrogens is 538 g/mol. The number of anilines is 1. The molecule has 0 radical (unpaired) electrons. The molecule has 37 heavy (non-hydrogen) atoms. The maximum absolute atomic E-state index is 14.0. The summed E-state index contributed by atoms with van der Waals surface area (Å²) in [5, 5.41) is 3.92. The normalized spacial score (nSPS) is 14.2. The summed E-state index contributed by atoms with van der Waals surface area (Å²) in [6.07, 6.45) is 1.89. The third kappa shape index (κ3) is 3.23. The van der Waals surface area contributed by atoms with E-state index in [1.807, 2.05) is 88.4 Å². The Labute approximate surface area is 219 Å².